The van der Waals surface area contributed by atoms with Crippen molar-refractivity contribution >= 4 is 22.0 Å². The highest BCUT2D eigenvalue weighted by Gasteiger charge is 2.40. The molecule has 0 spiro atoms. The third-order valence-electron chi connectivity index (χ3n) is 4.17. The van der Waals surface area contributed by atoms with Gasteiger partial charge in [-0.05, 0) is 68.2 Å². The number of ether oxygens (including phenoxy) is 1. The average molecular weight is 407 g/mol. The molecule has 0 aromatic carbocycles. The van der Waals surface area contributed by atoms with Crippen LogP contribution in [-0.2, 0) is 17.8 Å². The fourth-order valence-electron chi connectivity index (χ4n) is 3.00. The van der Waals surface area contributed by atoms with Crippen LogP contribution in [0.1, 0.15) is 40.3 Å². The van der Waals surface area contributed by atoms with Crippen molar-refractivity contribution in [1.82, 2.24) is 19.7 Å². The lowest BCUT2D eigenvalue weighted by atomic mass is 9.98. The summed E-state index contributed by atoms with van der Waals surface area (Å²) in [4.78, 5) is 18.6. The molecule has 0 bridgehead atoms. The van der Waals surface area contributed by atoms with Crippen molar-refractivity contribution in [2.24, 2.45) is 0 Å². The smallest absolute Gasteiger partial charge is 0.411 e. The molecule has 0 fully saturated rings. The van der Waals surface area contributed by atoms with Gasteiger partial charge in [0.1, 0.15) is 10.2 Å². The first-order chi connectivity index (χ1) is 11.6. The normalized spacial score (nSPS) is 16.5. The third kappa shape index (κ3) is 3.56. The largest absolute Gasteiger partial charge is 0.444 e. The molecule has 0 saturated carbocycles. The van der Waals surface area contributed by atoms with E-state index in [0.29, 0.717) is 13.1 Å². The van der Waals surface area contributed by atoms with Gasteiger partial charge in [-0.2, -0.15) is 5.10 Å². The number of carbonyl (C=O) groups is 1. The Kier molecular flexibility index (Phi) is 4.39. The zero-order valence-corrected chi connectivity index (χ0v) is 16.8. The van der Waals surface area contributed by atoms with E-state index < -0.39 is 11.1 Å². The summed E-state index contributed by atoms with van der Waals surface area (Å²) in [6, 6.07) is 3.89. The van der Waals surface area contributed by atoms with E-state index in [1.165, 1.54) is 0 Å². The van der Waals surface area contributed by atoms with Gasteiger partial charge in [-0.3, -0.25) is 14.6 Å². The highest BCUT2D eigenvalue weighted by molar-refractivity contribution is 9.10. The fourth-order valence-corrected chi connectivity index (χ4v) is 3.65. The number of fused-ring (bicyclic) bond motifs is 1. The molecule has 1 aliphatic heterocycles. The summed E-state index contributed by atoms with van der Waals surface area (Å²) >= 11 is 3.57. The fraction of sp³-hybridized carbons (Fsp3) is 0.500. The Morgan fingerprint density at radius 3 is 2.52 bits per heavy atom. The predicted octanol–water partition coefficient (Wildman–Crippen LogP) is 4.24. The van der Waals surface area contributed by atoms with Crippen LogP contribution in [-0.4, -0.2) is 36.9 Å². The summed E-state index contributed by atoms with van der Waals surface area (Å²) in [7, 11) is 0. The predicted molar refractivity (Wildman–Crippen MR) is 99.0 cm³/mol. The lowest BCUT2D eigenvalue weighted by Crippen LogP contribution is -2.54. The van der Waals surface area contributed by atoms with Crippen LogP contribution in [0, 0.1) is 0 Å². The SMILES string of the molecule is CC(C)(C)OC(=O)N1Cc2c(-c3ccncc3)c(Br)nn2CC1(C)C. The van der Waals surface area contributed by atoms with Crippen LogP contribution in [0.2, 0.25) is 0 Å². The van der Waals surface area contributed by atoms with Crippen molar-refractivity contribution in [3.8, 4) is 11.1 Å². The van der Waals surface area contributed by atoms with Gasteiger partial charge >= 0.3 is 6.09 Å². The minimum atomic E-state index is -0.528. The van der Waals surface area contributed by atoms with E-state index in [9.17, 15) is 4.79 Å². The van der Waals surface area contributed by atoms with Gasteiger partial charge in [-0.1, -0.05) is 0 Å². The Morgan fingerprint density at radius 2 is 1.92 bits per heavy atom. The quantitative estimate of drug-likeness (QED) is 0.710. The molecule has 3 heterocycles. The number of halogens is 1. The van der Waals surface area contributed by atoms with Gasteiger partial charge in [-0.25, -0.2) is 4.79 Å². The molecule has 1 amide bonds. The lowest BCUT2D eigenvalue weighted by Gasteiger charge is -2.42. The Labute approximate surface area is 156 Å². The minimum absolute atomic E-state index is 0.304. The van der Waals surface area contributed by atoms with E-state index in [-0.39, 0.29) is 6.09 Å². The van der Waals surface area contributed by atoms with E-state index in [1.807, 2.05) is 51.4 Å². The van der Waals surface area contributed by atoms with E-state index in [0.717, 1.165) is 21.4 Å². The Bertz CT molecular complexity index is 793. The van der Waals surface area contributed by atoms with Gasteiger partial charge in [-0.15, -0.1) is 0 Å². The zero-order valence-electron chi connectivity index (χ0n) is 15.2. The van der Waals surface area contributed by atoms with Crippen LogP contribution in [0.4, 0.5) is 4.79 Å². The van der Waals surface area contributed by atoms with E-state index >= 15 is 0 Å². The first kappa shape index (κ1) is 17.9. The van der Waals surface area contributed by atoms with Gasteiger partial charge in [0, 0.05) is 18.0 Å². The Hall–Kier alpha value is -1.89. The van der Waals surface area contributed by atoms with Crippen molar-refractivity contribution in [3.05, 3.63) is 34.8 Å². The molecule has 3 rings (SSSR count). The monoisotopic (exact) mass is 406 g/mol. The van der Waals surface area contributed by atoms with Crippen LogP contribution >= 0.6 is 15.9 Å². The highest BCUT2D eigenvalue weighted by Crippen LogP contribution is 2.37. The van der Waals surface area contributed by atoms with Crippen molar-refractivity contribution in [1.29, 1.82) is 0 Å². The van der Waals surface area contributed by atoms with E-state index in [1.54, 1.807) is 17.3 Å². The molecule has 6 nitrogen and oxygen atoms in total. The van der Waals surface area contributed by atoms with Crippen LogP contribution in [0.5, 0.6) is 0 Å². The van der Waals surface area contributed by atoms with Crippen LogP contribution in [0.25, 0.3) is 11.1 Å². The maximum atomic E-state index is 12.7. The minimum Gasteiger partial charge on any atom is -0.444 e. The number of carbonyl (C=O) groups excluding carboxylic acids is 1. The van der Waals surface area contributed by atoms with Crippen LogP contribution in [0.3, 0.4) is 0 Å². The molecule has 0 aliphatic carbocycles. The first-order valence-corrected chi connectivity index (χ1v) is 9.04. The maximum Gasteiger partial charge on any atom is 0.411 e. The summed E-state index contributed by atoms with van der Waals surface area (Å²) in [5.41, 5.74) is 2.08. The molecule has 0 unspecified atom stereocenters. The number of rotatable bonds is 1. The number of hydrogen-bond acceptors (Lipinski definition) is 4. The van der Waals surface area contributed by atoms with E-state index in [4.69, 9.17) is 4.74 Å². The van der Waals surface area contributed by atoms with Gasteiger partial charge in [0.25, 0.3) is 0 Å². The Balaban J connectivity index is 2.01. The molecule has 0 saturated heterocycles. The van der Waals surface area contributed by atoms with Crippen LogP contribution < -0.4 is 0 Å². The van der Waals surface area contributed by atoms with Crippen LogP contribution in [0.15, 0.2) is 29.1 Å². The standard InChI is InChI=1S/C18H23BrN4O2/c1-17(2,3)25-16(24)22-10-13-14(12-6-8-20-9-7-12)15(19)21-23(13)11-18(22,4)5/h6-9H,10-11H2,1-5H3. The third-order valence-corrected chi connectivity index (χ3v) is 4.73. The maximum absolute atomic E-state index is 12.7. The molecule has 7 heteroatoms. The summed E-state index contributed by atoms with van der Waals surface area (Å²) in [5, 5.41) is 4.63. The Morgan fingerprint density at radius 1 is 1.28 bits per heavy atom. The van der Waals surface area contributed by atoms with Crippen molar-refractivity contribution < 1.29 is 9.53 Å². The molecule has 0 radical (unpaired) electrons. The summed E-state index contributed by atoms with van der Waals surface area (Å²) in [6.07, 6.45) is 3.20. The second-order valence-electron chi connectivity index (χ2n) is 7.88. The molecule has 134 valence electrons. The van der Waals surface area contributed by atoms with Gasteiger partial charge < -0.3 is 4.74 Å². The van der Waals surface area contributed by atoms with Crippen molar-refractivity contribution in [2.45, 2.75) is 58.8 Å². The topological polar surface area (TPSA) is 60.2 Å². The molecule has 2 aromatic heterocycles. The first-order valence-electron chi connectivity index (χ1n) is 8.25. The molecule has 0 N–H and O–H groups in total. The molecule has 2 aromatic rings. The summed E-state index contributed by atoms with van der Waals surface area (Å²) in [5.74, 6) is 0. The number of pyridine rings is 1. The van der Waals surface area contributed by atoms with Gasteiger partial charge in [0.05, 0.1) is 24.3 Å². The summed E-state index contributed by atoms with van der Waals surface area (Å²) in [6.45, 7) is 10.7. The van der Waals surface area contributed by atoms with E-state index in [2.05, 4.69) is 26.0 Å². The molecule has 25 heavy (non-hydrogen) atoms. The molecule has 1 aliphatic rings. The van der Waals surface area contributed by atoms with Crippen molar-refractivity contribution in [3.63, 3.8) is 0 Å². The average Bonchev–Trinajstić information content (AvgIpc) is 2.78. The number of aromatic nitrogens is 3. The van der Waals surface area contributed by atoms with Crippen molar-refractivity contribution in [2.75, 3.05) is 0 Å². The van der Waals surface area contributed by atoms with Gasteiger partial charge in [0.2, 0.25) is 0 Å². The molecule has 0 atom stereocenters. The number of hydrogen-bond donors (Lipinski definition) is 0. The zero-order chi connectivity index (χ0) is 18.4. The lowest BCUT2D eigenvalue weighted by molar-refractivity contribution is -0.0110. The highest BCUT2D eigenvalue weighted by atomic mass is 79.9. The second-order valence-corrected chi connectivity index (χ2v) is 8.64. The number of nitrogens with zero attached hydrogens (tertiary/aromatic N) is 4. The second kappa shape index (κ2) is 6.12. The molecular weight excluding hydrogens is 384 g/mol. The number of amides is 1. The van der Waals surface area contributed by atoms with Gasteiger partial charge in [0.15, 0.2) is 0 Å². The molecular formula is C18H23BrN4O2. The summed E-state index contributed by atoms with van der Waals surface area (Å²) < 4.78 is 8.36.